The van der Waals surface area contributed by atoms with Crippen molar-refractivity contribution < 1.29 is 24.2 Å². The molecule has 3 aliphatic rings. The lowest BCUT2D eigenvalue weighted by atomic mass is 10.0. The average molecular weight is 453 g/mol. The highest BCUT2D eigenvalue weighted by Crippen LogP contribution is 2.34. The van der Waals surface area contributed by atoms with Crippen LogP contribution in [0.4, 0.5) is 0 Å². The number of morpholine rings is 1. The van der Waals surface area contributed by atoms with E-state index in [9.17, 15) is 14.7 Å². The average Bonchev–Trinajstić information content (AvgIpc) is 3.16. The molecule has 1 aromatic carbocycles. The second-order valence-corrected chi connectivity index (χ2v) is 8.67. The fourth-order valence-corrected chi connectivity index (χ4v) is 4.63. The van der Waals surface area contributed by atoms with E-state index in [1.54, 1.807) is 17.0 Å². The molecule has 2 atom stereocenters. The first kappa shape index (κ1) is 21.8. The van der Waals surface area contributed by atoms with Gasteiger partial charge in [-0.05, 0) is 30.2 Å². The van der Waals surface area contributed by atoms with Crippen LogP contribution in [-0.2, 0) is 29.2 Å². The molecule has 3 aliphatic heterocycles. The van der Waals surface area contributed by atoms with Crippen molar-refractivity contribution in [2.75, 3.05) is 26.3 Å². The van der Waals surface area contributed by atoms with Crippen LogP contribution in [-0.4, -0.2) is 70.3 Å². The van der Waals surface area contributed by atoms with Crippen molar-refractivity contribution in [3.63, 3.8) is 0 Å². The Morgan fingerprint density at radius 2 is 2.03 bits per heavy atom. The molecule has 2 amide bonds. The van der Waals surface area contributed by atoms with E-state index in [0.29, 0.717) is 37.3 Å². The van der Waals surface area contributed by atoms with E-state index in [2.05, 4.69) is 21.3 Å². The molecular weight excluding hydrogens is 424 g/mol. The number of ether oxygens (including phenoxy) is 2. The van der Waals surface area contributed by atoms with Gasteiger partial charge in [-0.2, -0.15) is 0 Å². The lowest BCUT2D eigenvalue weighted by Gasteiger charge is -2.35. The van der Waals surface area contributed by atoms with Crippen LogP contribution in [0.5, 0.6) is 5.75 Å². The standard InChI is InChI=1S/C24H28N4O5/c29-22-7-6-20(23(30)26-22)28-14-19-18(24(28)31)2-1-3-21(19)33-15-17-5-4-16(12-25-17)13-27-8-10-32-11-9-27/h1-5,12,20,23,30H,6-11,13-15H2,(H,26,29). The van der Waals surface area contributed by atoms with Crippen molar-refractivity contribution >= 4 is 11.8 Å². The predicted molar refractivity (Wildman–Crippen MR) is 118 cm³/mol. The molecule has 0 aliphatic carbocycles. The number of carbonyl (C=O) groups is 2. The van der Waals surface area contributed by atoms with E-state index >= 15 is 0 Å². The minimum absolute atomic E-state index is 0.152. The van der Waals surface area contributed by atoms with Crippen LogP contribution in [0, 0.1) is 0 Å². The van der Waals surface area contributed by atoms with Crippen molar-refractivity contribution in [2.24, 2.45) is 0 Å². The zero-order valence-corrected chi connectivity index (χ0v) is 18.4. The SMILES string of the molecule is O=C1CCC(N2Cc3c(OCc4ccc(CN5CCOCC5)cn4)cccc3C2=O)C(O)N1. The van der Waals surface area contributed by atoms with Crippen LogP contribution in [0.15, 0.2) is 36.5 Å². The Balaban J connectivity index is 1.22. The predicted octanol–water partition coefficient (Wildman–Crippen LogP) is 1.05. The molecule has 2 saturated heterocycles. The number of piperidine rings is 1. The Morgan fingerprint density at radius 3 is 2.79 bits per heavy atom. The Morgan fingerprint density at radius 1 is 1.18 bits per heavy atom. The first-order valence-electron chi connectivity index (χ1n) is 11.4. The topological polar surface area (TPSA) is 104 Å². The zero-order valence-electron chi connectivity index (χ0n) is 18.4. The first-order valence-corrected chi connectivity index (χ1v) is 11.4. The maximum atomic E-state index is 13.0. The van der Waals surface area contributed by atoms with E-state index in [1.165, 1.54) is 0 Å². The minimum atomic E-state index is -1.06. The zero-order chi connectivity index (χ0) is 22.8. The number of fused-ring (bicyclic) bond motifs is 1. The van der Waals surface area contributed by atoms with E-state index in [4.69, 9.17) is 9.47 Å². The van der Waals surface area contributed by atoms with Crippen molar-refractivity contribution in [1.29, 1.82) is 0 Å². The monoisotopic (exact) mass is 452 g/mol. The molecule has 0 saturated carbocycles. The number of aliphatic hydroxyl groups excluding tert-OH is 1. The number of aliphatic hydroxyl groups is 1. The molecule has 0 bridgehead atoms. The van der Waals surface area contributed by atoms with Gasteiger partial charge in [0.1, 0.15) is 18.6 Å². The van der Waals surface area contributed by atoms with Gasteiger partial charge in [0.15, 0.2) is 0 Å². The number of nitrogens with zero attached hydrogens (tertiary/aromatic N) is 3. The molecule has 33 heavy (non-hydrogen) atoms. The van der Waals surface area contributed by atoms with Crippen LogP contribution in [0.3, 0.4) is 0 Å². The first-order chi connectivity index (χ1) is 16.1. The Bertz CT molecular complexity index is 1020. The quantitative estimate of drug-likeness (QED) is 0.675. The summed E-state index contributed by atoms with van der Waals surface area (Å²) in [5.74, 6) is 0.286. The number of carbonyl (C=O) groups excluding carboxylic acids is 2. The largest absolute Gasteiger partial charge is 0.487 e. The highest BCUT2D eigenvalue weighted by Gasteiger charge is 2.40. The molecule has 174 valence electrons. The number of benzene rings is 1. The number of pyridine rings is 1. The summed E-state index contributed by atoms with van der Waals surface area (Å²) >= 11 is 0. The molecule has 9 heteroatoms. The Labute approximate surface area is 192 Å². The fraction of sp³-hybridized carbons (Fsp3) is 0.458. The Hall–Kier alpha value is -3.01. The molecule has 4 heterocycles. The van der Waals surface area contributed by atoms with Crippen LogP contribution in [0.1, 0.15) is 40.0 Å². The molecule has 2 aromatic rings. The van der Waals surface area contributed by atoms with E-state index in [0.717, 1.165) is 49.7 Å². The molecule has 9 nitrogen and oxygen atoms in total. The van der Waals surface area contributed by atoms with E-state index in [-0.39, 0.29) is 11.8 Å². The van der Waals surface area contributed by atoms with Crippen LogP contribution >= 0.6 is 0 Å². The van der Waals surface area contributed by atoms with E-state index in [1.807, 2.05) is 18.3 Å². The molecule has 1 aromatic heterocycles. The minimum Gasteiger partial charge on any atom is -0.487 e. The molecule has 0 spiro atoms. The summed E-state index contributed by atoms with van der Waals surface area (Å²) in [6, 6.07) is 9.01. The second kappa shape index (κ2) is 9.46. The van der Waals surface area contributed by atoms with Gasteiger partial charge in [0.2, 0.25) is 5.91 Å². The summed E-state index contributed by atoms with van der Waals surface area (Å²) in [5, 5.41) is 12.8. The van der Waals surface area contributed by atoms with Gasteiger partial charge in [0.05, 0.1) is 31.5 Å². The van der Waals surface area contributed by atoms with E-state index < -0.39 is 12.3 Å². The summed E-state index contributed by atoms with van der Waals surface area (Å²) in [5.41, 5.74) is 3.34. The van der Waals surface area contributed by atoms with Crippen molar-refractivity contribution in [1.82, 2.24) is 20.1 Å². The second-order valence-electron chi connectivity index (χ2n) is 8.67. The number of rotatable bonds is 6. The highest BCUT2D eigenvalue weighted by molar-refractivity contribution is 5.99. The molecule has 2 unspecified atom stereocenters. The van der Waals surface area contributed by atoms with Gasteiger partial charge in [-0.25, -0.2) is 0 Å². The smallest absolute Gasteiger partial charge is 0.255 e. The normalized spacial score (nSPS) is 23.4. The molecule has 0 radical (unpaired) electrons. The third-order valence-corrected chi connectivity index (χ3v) is 6.47. The maximum absolute atomic E-state index is 13.0. The fourth-order valence-electron chi connectivity index (χ4n) is 4.63. The van der Waals surface area contributed by atoms with Crippen molar-refractivity contribution in [2.45, 2.75) is 44.8 Å². The lowest BCUT2D eigenvalue weighted by Crippen LogP contribution is -2.55. The maximum Gasteiger partial charge on any atom is 0.255 e. The number of amides is 2. The molecular formula is C24H28N4O5. The van der Waals surface area contributed by atoms with Crippen molar-refractivity contribution in [3.8, 4) is 5.75 Å². The van der Waals surface area contributed by atoms with Crippen molar-refractivity contribution in [3.05, 3.63) is 58.9 Å². The highest BCUT2D eigenvalue weighted by atomic mass is 16.5. The third kappa shape index (κ3) is 4.71. The van der Waals surface area contributed by atoms with Gasteiger partial charge in [-0.15, -0.1) is 0 Å². The van der Waals surface area contributed by atoms with Gasteiger partial charge in [-0.3, -0.25) is 19.5 Å². The Kier molecular flexibility index (Phi) is 6.26. The van der Waals surface area contributed by atoms with Crippen LogP contribution in [0.2, 0.25) is 0 Å². The molecule has 5 rings (SSSR count). The van der Waals surface area contributed by atoms with Crippen LogP contribution in [0.25, 0.3) is 0 Å². The number of aromatic nitrogens is 1. The number of nitrogens with one attached hydrogen (secondary N) is 1. The summed E-state index contributed by atoms with van der Waals surface area (Å²) in [6.07, 6.45) is 1.55. The summed E-state index contributed by atoms with van der Waals surface area (Å²) < 4.78 is 11.4. The molecule has 2 fully saturated rings. The lowest BCUT2D eigenvalue weighted by molar-refractivity contribution is -0.129. The number of hydrogen-bond donors (Lipinski definition) is 2. The van der Waals surface area contributed by atoms with Gasteiger partial charge in [-0.1, -0.05) is 12.1 Å². The number of hydrogen-bond acceptors (Lipinski definition) is 7. The summed E-state index contributed by atoms with van der Waals surface area (Å²) in [6.45, 7) is 4.91. The van der Waals surface area contributed by atoms with Gasteiger partial charge in [0.25, 0.3) is 5.91 Å². The van der Waals surface area contributed by atoms with Gasteiger partial charge in [0, 0.05) is 43.4 Å². The summed E-state index contributed by atoms with van der Waals surface area (Å²) in [4.78, 5) is 33.0. The summed E-state index contributed by atoms with van der Waals surface area (Å²) in [7, 11) is 0. The molecule has 2 N–H and O–H groups in total. The third-order valence-electron chi connectivity index (χ3n) is 6.47. The van der Waals surface area contributed by atoms with Gasteiger partial charge >= 0.3 is 0 Å². The van der Waals surface area contributed by atoms with Crippen LogP contribution < -0.4 is 10.1 Å². The van der Waals surface area contributed by atoms with Gasteiger partial charge < -0.3 is 24.8 Å².